The number of aliphatic hydroxyl groups excluding tert-OH is 1. The SMILES string of the molecule is CCCCC[C@H](O)CC(=O)CCc1ccc(O)c(C=O)c1. The van der Waals surface area contributed by atoms with E-state index in [1.165, 1.54) is 6.07 Å². The van der Waals surface area contributed by atoms with Crippen molar-refractivity contribution >= 4 is 12.1 Å². The number of aldehydes is 1. The van der Waals surface area contributed by atoms with Crippen LogP contribution in [0.4, 0.5) is 0 Å². The Kier molecular flexibility index (Phi) is 7.69. The van der Waals surface area contributed by atoms with Gasteiger partial charge in [0, 0.05) is 12.8 Å². The van der Waals surface area contributed by atoms with Crippen molar-refractivity contribution in [1.29, 1.82) is 0 Å². The van der Waals surface area contributed by atoms with Crippen LogP contribution in [-0.2, 0) is 11.2 Å². The van der Waals surface area contributed by atoms with Gasteiger partial charge in [-0.15, -0.1) is 0 Å². The van der Waals surface area contributed by atoms with Crippen LogP contribution in [0.3, 0.4) is 0 Å². The number of carbonyl (C=O) groups excluding carboxylic acids is 2. The second-order valence-corrected chi connectivity index (χ2v) is 5.40. The molecule has 0 heterocycles. The van der Waals surface area contributed by atoms with Gasteiger partial charge >= 0.3 is 0 Å². The second kappa shape index (κ2) is 9.29. The number of hydrogen-bond acceptors (Lipinski definition) is 4. The van der Waals surface area contributed by atoms with E-state index >= 15 is 0 Å². The van der Waals surface area contributed by atoms with Gasteiger partial charge < -0.3 is 10.2 Å². The van der Waals surface area contributed by atoms with E-state index in [1.807, 2.05) is 0 Å². The molecular formula is C17H24O4. The Morgan fingerprint density at radius 1 is 1.33 bits per heavy atom. The Hall–Kier alpha value is -1.68. The fourth-order valence-electron chi connectivity index (χ4n) is 2.23. The van der Waals surface area contributed by atoms with Crippen molar-refractivity contribution in [3.05, 3.63) is 29.3 Å². The lowest BCUT2D eigenvalue weighted by Gasteiger charge is -2.09. The molecule has 1 atom stereocenters. The predicted octanol–water partition coefficient (Wildman–Crippen LogP) is 3.04. The van der Waals surface area contributed by atoms with E-state index in [9.17, 15) is 19.8 Å². The summed E-state index contributed by atoms with van der Waals surface area (Å²) in [6.07, 6.45) is 4.90. The molecule has 0 amide bonds. The van der Waals surface area contributed by atoms with Crippen LogP contribution in [0.15, 0.2) is 18.2 Å². The molecule has 0 radical (unpaired) electrons. The van der Waals surface area contributed by atoms with Gasteiger partial charge in [0.25, 0.3) is 0 Å². The van der Waals surface area contributed by atoms with E-state index in [1.54, 1.807) is 12.1 Å². The van der Waals surface area contributed by atoms with Gasteiger partial charge in [0.1, 0.15) is 11.5 Å². The first-order chi connectivity index (χ1) is 10.1. The topological polar surface area (TPSA) is 74.6 Å². The molecule has 1 aromatic rings. The van der Waals surface area contributed by atoms with E-state index in [-0.39, 0.29) is 23.5 Å². The molecule has 0 aliphatic carbocycles. The van der Waals surface area contributed by atoms with Gasteiger partial charge in [-0.05, 0) is 30.5 Å². The zero-order valence-electron chi connectivity index (χ0n) is 12.5. The van der Waals surface area contributed by atoms with Gasteiger partial charge in [-0.2, -0.15) is 0 Å². The highest BCUT2D eigenvalue weighted by Gasteiger charge is 2.11. The Morgan fingerprint density at radius 3 is 2.76 bits per heavy atom. The summed E-state index contributed by atoms with van der Waals surface area (Å²) in [6, 6.07) is 4.75. The van der Waals surface area contributed by atoms with Crippen LogP contribution in [0.5, 0.6) is 5.75 Å². The maximum atomic E-state index is 11.8. The number of ketones is 1. The van der Waals surface area contributed by atoms with E-state index < -0.39 is 6.10 Å². The minimum absolute atomic E-state index is 0.0275. The lowest BCUT2D eigenvalue weighted by Crippen LogP contribution is -2.13. The zero-order valence-corrected chi connectivity index (χ0v) is 12.5. The number of hydrogen-bond donors (Lipinski definition) is 2. The van der Waals surface area contributed by atoms with Gasteiger partial charge in [0.15, 0.2) is 6.29 Å². The number of aryl methyl sites for hydroxylation is 1. The van der Waals surface area contributed by atoms with E-state index in [0.29, 0.717) is 25.5 Å². The van der Waals surface area contributed by atoms with Crippen molar-refractivity contribution < 1.29 is 19.8 Å². The monoisotopic (exact) mass is 292 g/mol. The number of carbonyl (C=O) groups is 2. The minimum atomic E-state index is -0.547. The Bertz CT molecular complexity index is 468. The largest absolute Gasteiger partial charge is 0.507 e. The summed E-state index contributed by atoms with van der Waals surface area (Å²) in [7, 11) is 0. The molecule has 0 aliphatic heterocycles. The molecule has 2 N–H and O–H groups in total. The van der Waals surface area contributed by atoms with Crippen LogP contribution < -0.4 is 0 Å². The molecule has 0 fully saturated rings. The number of phenolic OH excluding ortho intramolecular Hbond substituents is 1. The van der Waals surface area contributed by atoms with Crippen molar-refractivity contribution in [2.75, 3.05) is 0 Å². The fraction of sp³-hybridized carbons (Fsp3) is 0.529. The van der Waals surface area contributed by atoms with Gasteiger partial charge in [-0.1, -0.05) is 32.3 Å². The standard InChI is InChI=1S/C17H24O4/c1-2-3-4-5-15(19)11-16(20)8-6-13-7-9-17(21)14(10-13)12-18/h7,9-10,12,15,19,21H,2-6,8,11H2,1H3/t15-/m0/s1. The molecule has 1 aromatic carbocycles. The van der Waals surface area contributed by atoms with Gasteiger partial charge in [0.05, 0.1) is 11.7 Å². The van der Waals surface area contributed by atoms with E-state index in [4.69, 9.17) is 0 Å². The first-order valence-electron chi connectivity index (χ1n) is 7.53. The van der Waals surface area contributed by atoms with Gasteiger partial charge in [-0.3, -0.25) is 9.59 Å². The first kappa shape index (κ1) is 17.4. The normalized spacial score (nSPS) is 12.1. The van der Waals surface area contributed by atoms with E-state index in [2.05, 4.69) is 6.92 Å². The summed E-state index contributed by atoms with van der Waals surface area (Å²) in [5.74, 6) is -0.0221. The number of phenols is 1. The highest BCUT2D eigenvalue weighted by Crippen LogP contribution is 2.18. The number of rotatable bonds is 10. The molecule has 116 valence electrons. The maximum absolute atomic E-state index is 11.8. The lowest BCUT2D eigenvalue weighted by atomic mass is 10.0. The minimum Gasteiger partial charge on any atom is -0.507 e. The Labute approximate surface area is 125 Å². The molecule has 1 rings (SSSR count). The predicted molar refractivity (Wildman–Crippen MR) is 81.6 cm³/mol. The van der Waals surface area contributed by atoms with Crippen LogP contribution in [0.1, 0.15) is 61.4 Å². The molecule has 0 unspecified atom stereocenters. The Balaban J connectivity index is 2.37. The number of benzene rings is 1. The molecule has 0 bridgehead atoms. The van der Waals surface area contributed by atoms with Crippen molar-refractivity contribution in [3.8, 4) is 5.75 Å². The van der Waals surface area contributed by atoms with Crippen LogP contribution >= 0.6 is 0 Å². The molecule has 0 saturated heterocycles. The zero-order chi connectivity index (χ0) is 15.7. The third kappa shape index (κ3) is 6.54. The van der Waals surface area contributed by atoms with Crippen molar-refractivity contribution in [1.82, 2.24) is 0 Å². The fourth-order valence-corrected chi connectivity index (χ4v) is 2.23. The van der Waals surface area contributed by atoms with Crippen LogP contribution in [0.25, 0.3) is 0 Å². The lowest BCUT2D eigenvalue weighted by molar-refractivity contribution is -0.121. The summed E-state index contributed by atoms with van der Waals surface area (Å²) in [4.78, 5) is 22.5. The van der Waals surface area contributed by atoms with Crippen LogP contribution in [0.2, 0.25) is 0 Å². The summed E-state index contributed by atoms with van der Waals surface area (Å²) in [5, 5.41) is 19.2. The summed E-state index contributed by atoms with van der Waals surface area (Å²) >= 11 is 0. The average Bonchev–Trinajstić information content (AvgIpc) is 2.46. The molecule has 0 aliphatic rings. The van der Waals surface area contributed by atoms with E-state index in [0.717, 1.165) is 24.8 Å². The van der Waals surface area contributed by atoms with Crippen molar-refractivity contribution in [3.63, 3.8) is 0 Å². The van der Waals surface area contributed by atoms with Crippen LogP contribution in [-0.4, -0.2) is 28.4 Å². The molecular weight excluding hydrogens is 268 g/mol. The molecule has 0 aromatic heterocycles. The highest BCUT2D eigenvalue weighted by molar-refractivity contribution is 5.80. The number of aliphatic hydroxyl groups is 1. The van der Waals surface area contributed by atoms with Crippen molar-refractivity contribution in [2.45, 2.75) is 58.0 Å². The molecule has 21 heavy (non-hydrogen) atoms. The summed E-state index contributed by atoms with van der Waals surface area (Å²) < 4.78 is 0. The summed E-state index contributed by atoms with van der Waals surface area (Å²) in [5.41, 5.74) is 1.07. The smallest absolute Gasteiger partial charge is 0.153 e. The number of aromatic hydroxyl groups is 1. The average molecular weight is 292 g/mol. The Morgan fingerprint density at radius 2 is 2.10 bits per heavy atom. The third-order valence-electron chi connectivity index (χ3n) is 3.52. The third-order valence-corrected chi connectivity index (χ3v) is 3.52. The number of Topliss-reactive ketones (excluding diaryl/α,β-unsaturated/α-hetero) is 1. The summed E-state index contributed by atoms with van der Waals surface area (Å²) in [6.45, 7) is 2.10. The number of unbranched alkanes of at least 4 members (excludes halogenated alkanes) is 2. The molecule has 4 nitrogen and oxygen atoms in total. The maximum Gasteiger partial charge on any atom is 0.153 e. The first-order valence-corrected chi connectivity index (χ1v) is 7.53. The second-order valence-electron chi connectivity index (χ2n) is 5.40. The molecule has 4 heteroatoms. The van der Waals surface area contributed by atoms with Crippen molar-refractivity contribution in [2.24, 2.45) is 0 Å². The van der Waals surface area contributed by atoms with Gasteiger partial charge in [0.2, 0.25) is 0 Å². The van der Waals surface area contributed by atoms with Crippen LogP contribution in [0, 0.1) is 0 Å². The highest BCUT2D eigenvalue weighted by atomic mass is 16.3. The molecule has 0 spiro atoms. The quantitative estimate of drug-likeness (QED) is 0.513. The van der Waals surface area contributed by atoms with Gasteiger partial charge in [-0.25, -0.2) is 0 Å². The molecule has 0 saturated carbocycles.